The average molecular weight is 218 g/mol. The van der Waals surface area contributed by atoms with Crippen molar-refractivity contribution >= 4 is 0 Å². The van der Waals surface area contributed by atoms with Crippen molar-refractivity contribution in [3.63, 3.8) is 0 Å². The standard InChI is InChI=1S/C12H23FO2/c1-12(2,13)8-4-6-10-15-11-7-3-5-9-14-11/h11H,3-10H2,1-2H3. The molecule has 2 nitrogen and oxygen atoms in total. The Labute approximate surface area is 92.1 Å². The van der Waals surface area contributed by atoms with Gasteiger partial charge in [0.25, 0.3) is 0 Å². The van der Waals surface area contributed by atoms with E-state index >= 15 is 0 Å². The molecule has 0 radical (unpaired) electrons. The van der Waals surface area contributed by atoms with Crippen LogP contribution in [0.2, 0.25) is 0 Å². The molecule has 0 aromatic carbocycles. The third kappa shape index (κ3) is 6.85. The first-order chi connectivity index (χ1) is 7.08. The van der Waals surface area contributed by atoms with Crippen LogP contribution in [0.4, 0.5) is 4.39 Å². The molecule has 1 atom stereocenters. The number of hydrogen-bond donors (Lipinski definition) is 0. The molecule has 3 heteroatoms. The molecule has 15 heavy (non-hydrogen) atoms. The minimum atomic E-state index is -1.04. The molecule has 1 unspecified atom stereocenters. The number of rotatable bonds is 6. The Hall–Kier alpha value is -0.150. The molecule has 0 aromatic rings. The van der Waals surface area contributed by atoms with Gasteiger partial charge in [-0.25, -0.2) is 4.39 Å². The van der Waals surface area contributed by atoms with Gasteiger partial charge < -0.3 is 9.47 Å². The third-order valence-corrected chi connectivity index (χ3v) is 2.61. The average Bonchev–Trinajstić information content (AvgIpc) is 2.17. The molecule has 0 bridgehead atoms. The van der Waals surface area contributed by atoms with E-state index in [-0.39, 0.29) is 6.29 Å². The minimum Gasteiger partial charge on any atom is -0.353 e. The summed E-state index contributed by atoms with van der Waals surface area (Å²) in [6, 6.07) is 0. The van der Waals surface area contributed by atoms with Gasteiger partial charge in [-0.05, 0) is 52.4 Å². The summed E-state index contributed by atoms with van der Waals surface area (Å²) in [6.45, 7) is 4.76. The molecule has 0 saturated carbocycles. The predicted molar refractivity (Wildman–Crippen MR) is 58.6 cm³/mol. The zero-order chi connectivity index (χ0) is 11.1. The molecular weight excluding hydrogens is 195 g/mol. The van der Waals surface area contributed by atoms with E-state index in [0.717, 1.165) is 32.3 Å². The van der Waals surface area contributed by atoms with Gasteiger partial charge in [0, 0.05) is 13.2 Å². The van der Waals surface area contributed by atoms with Crippen molar-refractivity contribution in [1.29, 1.82) is 0 Å². The topological polar surface area (TPSA) is 18.5 Å². The zero-order valence-corrected chi connectivity index (χ0v) is 9.93. The Bertz CT molecular complexity index is 159. The van der Waals surface area contributed by atoms with Crippen LogP contribution in [0.25, 0.3) is 0 Å². The van der Waals surface area contributed by atoms with Gasteiger partial charge >= 0.3 is 0 Å². The Morgan fingerprint density at radius 1 is 1.33 bits per heavy atom. The quantitative estimate of drug-likeness (QED) is 0.636. The van der Waals surface area contributed by atoms with Crippen molar-refractivity contribution in [2.24, 2.45) is 0 Å². The number of unbranched alkanes of at least 4 members (excludes halogenated alkanes) is 1. The zero-order valence-electron chi connectivity index (χ0n) is 9.93. The molecule has 1 saturated heterocycles. The summed E-state index contributed by atoms with van der Waals surface area (Å²) in [5, 5.41) is 0. The van der Waals surface area contributed by atoms with E-state index in [9.17, 15) is 4.39 Å². The first kappa shape index (κ1) is 12.9. The molecule has 0 N–H and O–H groups in total. The molecule has 90 valence electrons. The molecule has 1 rings (SSSR count). The maximum atomic E-state index is 13.1. The van der Waals surface area contributed by atoms with Gasteiger partial charge in [0.2, 0.25) is 0 Å². The highest BCUT2D eigenvalue weighted by Crippen LogP contribution is 2.18. The molecule has 1 aliphatic rings. The number of ether oxygens (including phenoxy) is 2. The maximum Gasteiger partial charge on any atom is 0.157 e. The third-order valence-electron chi connectivity index (χ3n) is 2.61. The van der Waals surface area contributed by atoms with E-state index in [2.05, 4.69) is 0 Å². The molecule has 0 amide bonds. The lowest BCUT2D eigenvalue weighted by molar-refractivity contribution is -0.162. The fourth-order valence-corrected chi connectivity index (χ4v) is 1.70. The molecule has 0 aromatic heterocycles. The minimum absolute atomic E-state index is 0.00265. The van der Waals surface area contributed by atoms with Gasteiger partial charge in [0.05, 0.1) is 0 Å². The normalized spacial score (nSPS) is 23.0. The molecule has 1 fully saturated rings. The van der Waals surface area contributed by atoms with Crippen LogP contribution in [0.15, 0.2) is 0 Å². The summed E-state index contributed by atoms with van der Waals surface area (Å²) >= 11 is 0. The monoisotopic (exact) mass is 218 g/mol. The summed E-state index contributed by atoms with van der Waals surface area (Å²) in [6.07, 6.45) is 5.77. The van der Waals surface area contributed by atoms with Crippen LogP contribution in [0.3, 0.4) is 0 Å². The van der Waals surface area contributed by atoms with E-state index < -0.39 is 5.67 Å². The first-order valence-corrected chi connectivity index (χ1v) is 6.00. The predicted octanol–water partition coefficient (Wildman–Crippen LogP) is 3.45. The summed E-state index contributed by atoms with van der Waals surface area (Å²) in [4.78, 5) is 0. The van der Waals surface area contributed by atoms with Gasteiger partial charge in [0.15, 0.2) is 6.29 Å². The van der Waals surface area contributed by atoms with Gasteiger partial charge in [-0.1, -0.05) is 0 Å². The Kier molecular flexibility index (Phi) is 5.54. The smallest absolute Gasteiger partial charge is 0.157 e. The van der Waals surface area contributed by atoms with Gasteiger partial charge in [-0.15, -0.1) is 0 Å². The van der Waals surface area contributed by atoms with E-state index in [0.29, 0.717) is 13.0 Å². The number of hydrogen-bond acceptors (Lipinski definition) is 2. The van der Waals surface area contributed by atoms with Gasteiger partial charge in [0.1, 0.15) is 5.67 Å². The molecular formula is C12H23FO2. The SMILES string of the molecule is CC(C)(F)CCCCOC1CCCCO1. The van der Waals surface area contributed by atoms with E-state index in [1.54, 1.807) is 13.8 Å². The van der Waals surface area contributed by atoms with Crippen molar-refractivity contribution in [3.8, 4) is 0 Å². The van der Waals surface area contributed by atoms with Crippen LogP contribution < -0.4 is 0 Å². The summed E-state index contributed by atoms with van der Waals surface area (Å²) in [5.41, 5.74) is -1.04. The molecule has 1 heterocycles. The van der Waals surface area contributed by atoms with E-state index in [1.807, 2.05) is 0 Å². The van der Waals surface area contributed by atoms with Gasteiger partial charge in [-0.2, -0.15) is 0 Å². The van der Waals surface area contributed by atoms with E-state index in [1.165, 1.54) is 6.42 Å². The van der Waals surface area contributed by atoms with Crippen molar-refractivity contribution in [2.75, 3.05) is 13.2 Å². The van der Waals surface area contributed by atoms with Crippen molar-refractivity contribution in [1.82, 2.24) is 0 Å². The summed E-state index contributed by atoms with van der Waals surface area (Å²) < 4.78 is 24.1. The maximum absolute atomic E-state index is 13.1. The highest BCUT2D eigenvalue weighted by Gasteiger charge is 2.15. The largest absolute Gasteiger partial charge is 0.353 e. The Morgan fingerprint density at radius 2 is 2.13 bits per heavy atom. The van der Waals surface area contributed by atoms with Crippen molar-refractivity contribution in [2.45, 2.75) is 64.3 Å². The van der Waals surface area contributed by atoms with Crippen molar-refractivity contribution < 1.29 is 13.9 Å². The highest BCUT2D eigenvalue weighted by atomic mass is 19.1. The Morgan fingerprint density at radius 3 is 2.73 bits per heavy atom. The molecule has 0 aliphatic carbocycles. The summed E-state index contributed by atoms with van der Waals surface area (Å²) in [7, 11) is 0. The fraction of sp³-hybridized carbons (Fsp3) is 1.00. The Balaban J connectivity index is 1.92. The lowest BCUT2D eigenvalue weighted by Gasteiger charge is -2.22. The second-order valence-corrected chi connectivity index (χ2v) is 4.84. The number of alkyl halides is 1. The lowest BCUT2D eigenvalue weighted by atomic mass is 10.0. The molecule has 1 aliphatic heterocycles. The number of halogens is 1. The van der Waals surface area contributed by atoms with Crippen molar-refractivity contribution in [3.05, 3.63) is 0 Å². The highest BCUT2D eigenvalue weighted by molar-refractivity contribution is 4.65. The molecule has 0 spiro atoms. The van der Waals surface area contributed by atoms with Crippen LogP contribution in [-0.2, 0) is 9.47 Å². The second-order valence-electron chi connectivity index (χ2n) is 4.84. The van der Waals surface area contributed by atoms with Crippen LogP contribution in [-0.4, -0.2) is 25.2 Å². The van der Waals surface area contributed by atoms with Crippen LogP contribution in [0.5, 0.6) is 0 Å². The van der Waals surface area contributed by atoms with E-state index in [4.69, 9.17) is 9.47 Å². The fourth-order valence-electron chi connectivity index (χ4n) is 1.70. The first-order valence-electron chi connectivity index (χ1n) is 6.00. The lowest BCUT2D eigenvalue weighted by Crippen LogP contribution is -2.22. The van der Waals surface area contributed by atoms with Gasteiger partial charge in [-0.3, -0.25) is 0 Å². The van der Waals surface area contributed by atoms with Crippen LogP contribution >= 0.6 is 0 Å². The summed E-state index contributed by atoms with van der Waals surface area (Å²) in [5.74, 6) is 0. The second kappa shape index (κ2) is 6.44. The van der Waals surface area contributed by atoms with Crippen LogP contribution in [0.1, 0.15) is 52.4 Å². The van der Waals surface area contributed by atoms with Crippen LogP contribution in [0, 0.1) is 0 Å².